The monoisotopic (exact) mass is 231 g/mol. The van der Waals surface area contributed by atoms with E-state index in [1.807, 2.05) is 12.1 Å². The van der Waals surface area contributed by atoms with Gasteiger partial charge in [0.15, 0.2) is 0 Å². The molecule has 0 aromatic heterocycles. The Hall–Kier alpha value is -1.79. The molecule has 0 saturated carbocycles. The van der Waals surface area contributed by atoms with Crippen LogP contribution in [0, 0.1) is 11.8 Å². The van der Waals surface area contributed by atoms with E-state index in [1.54, 1.807) is 26.0 Å². The molecule has 0 aliphatic rings. The molecule has 3 nitrogen and oxygen atoms in total. The van der Waals surface area contributed by atoms with E-state index in [-0.39, 0.29) is 0 Å². The summed E-state index contributed by atoms with van der Waals surface area (Å²) < 4.78 is 0. The summed E-state index contributed by atoms with van der Waals surface area (Å²) in [5, 5.41) is 9.10. The first-order valence-electron chi connectivity index (χ1n) is 5.51. The molecule has 0 saturated heterocycles. The van der Waals surface area contributed by atoms with E-state index in [0.717, 1.165) is 11.1 Å². The van der Waals surface area contributed by atoms with Gasteiger partial charge in [-0.3, -0.25) is 4.79 Å². The second-order valence-corrected chi connectivity index (χ2v) is 4.35. The third kappa shape index (κ3) is 3.33. The molecule has 0 atom stereocenters. The molecule has 90 valence electrons. The summed E-state index contributed by atoms with van der Waals surface area (Å²) in [5.41, 5.74) is 6.12. The minimum absolute atomic E-state index is 0.553. The smallest absolute Gasteiger partial charge is 0.313 e. The second-order valence-electron chi connectivity index (χ2n) is 4.35. The van der Waals surface area contributed by atoms with Crippen LogP contribution in [0.5, 0.6) is 0 Å². The quantitative estimate of drug-likeness (QED) is 0.779. The zero-order valence-electron chi connectivity index (χ0n) is 10.2. The maximum atomic E-state index is 11.1. The molecule has 0 spiro atoms. The lowest BCUT2D eigenvalue weighted by Crippen LogP contribution is -2.28. The van der Waals surface area contributed by atoms with Crippen molar-refractivity contribution in [3.8, 4) is 11.8 Å². The van der Waals surface area contributed by atoms with Crippen molar-refractivity contribution in [2.45, 2.75) is 25.7 Å². The highest BCUT2D eigenvalue weighted by Gasteiger charge is 2.28. The predicted octanol–water partition coefficient (Wildman–Crippen LogP) is 1.75. The zero-order valence-corrected chi connectivity index (χ0v) is 10.2. The van der Waals surface area contributed by atoms with Crippen LogP contribution in [0.2, 0.25) is 0 Å². The van der Waals surface area contributed by atoms with Crippen LogP contribution in [0.1, 0.15) is 31.4 Å². The molecule has 1 rings (SSSR count). The molecular formula is C14H17NO2. The largest absolute Gasteiger partial charge is 0.481 e. The van der Waals surface area contributed by atoms with Crippen LogP contribution in [0.3, 0.4) is 0 Å². The Bertz CT molecular complexity index is 449. The standard InChI is InChI=1S/C14H17NO2/c1-14(2,13(16)17)12-8-6-11(7-9-12)5-3-4-10-15/h6-9H,4,10,15H2,1-2H3,(H,16,17). The topological polar surface area (TPSA) is 63.3 Å². The highest BCUT2D eigenvalue weighted by molar-refractivity contribution is 5.80. The van der Waals surface area contributed by atoms with Crippen molar-refractivity contribution in [3.63, 3.8) is 0 Å². The molecule has 1 aromatic rings. The van der Waals surface area contributed by atoms with Crippen molar-refractivity contribution < 1.29 is 9.90 Å². The van der Waals surface area contributed by atoms with E-state index in [9.17, 15) is 4.79 Å². The van der Waals surface area contributed by atoms with Crippen molar-refractivity contribution in [1.82, 2.24) is 0 Å². The lowest BCUT2D eigenvalue weighted by Gasteiger charge is -2.19. The van der Waals surface area contributed by atoms with Gasteiger partial charge in [0, 0.05) is 18.5 Å². The summed E-state index contributed by atoms with van der Waals surface area (Å²) >= 11 is 0. The Morgan fingerprint density at radius 3 is 2.41 bits per heavy atom. The Labute approximate surface area is 102 Å². The summed E-state index contributed by atoms with van der Waals surface area (Å²) in [6, 6.07) is 7.29. The molecule has 0 heterocycles. The highest BCUT2D eigenvalue weighted by Crippen LogP contribution is 2.23. The number of hydrogen-bond donors (Lipinski definition) is 2. The van der Waals surface area contributed by atoms with Crippen LogP contribution < -0.4 is 5.73 Å². The molecular weight excluding hydrogens is 214 g/mol. The van der Waals surface area contributed by atoms with Gasteiger partial charge in [0.05, 0.1) is 5.41 Å². The average molecular weight is 231 g/mol. The van der Waals surface area contributed by atoms with E-state index in [0.29, 0.717) is 13.0 Å². The third-order valence-corrected chi connectivity index (χ3v) is 2.64. The first kappa shape index (κ1) is 13.3. The van der Waals surface area contributed by atoms with Gasteiger partial charge in [0.2, 0.25) is 0 Å². The molecule has 0 fully saturated rings. The van der Waals surface area contributed by atoms with Crippen molar-refractivity contribution in [2.24, 2.45) is 5.73 Å². The minimum atomic E-state index is -0.872. The SMILES string of the molecule is CC(C)(C(=O)O)c1ccc(C#CCCN)cc1. The molecule has 0 aliphatic carbocycles. The Morgan fingerprint density at radius 2 is 1.94 bits per heavy atom. The third-order valence-electron chi connectivity index (χ3n) is 2.64. The summed E-state index contributed by atoms with van der Waals surface area (Å²) in [4.78, 5) is 11.1. The lowest BCUT2D eigenvalue weighted by atomic mass is 9.84. The summed E-state index contributed by atoms with van der Waals surface area (Å²) in [6.45, 7) is 3.92. The second kappa shape index (κ2) is 5.51. The number of carboxylic acids is 1. The average Bonchev–Trinajstić information content (AvgIpc) is 2.30. The number of nitrogens with two attached hydrogens (primary N) is 1. The van der Waals surface area contributed by atoms with E-state index >= 15 is 0 Å². The van der Waals surface area contributed by atoms with Crippen LogP contribution >= 0.6 is 0 Å². The molecule has 0 unspecified atom stereocenters. The minimum Gasteiger partial charge on any atom is -0.481 e. The molecule has 17 heavy (non-hydrogen) atoms. The first-order valence-corrected chi connectivity index (χ1v) is 5.51. The molecule has 3 heteroatoms. The number of hydrogen-bond acceptors (Lipinski definition) is 2. The van der Waals surface area contributed by atoms with E-state index in [1.165, 1.54) is 0 Å². The van der Waals surface area contributed by atoms with E-state index in [2.05, 4.69) is 11.8 Å². The molecule has 1 aromatic carbocycles. The Balaban J connectivity index is 2.90. The van der Waals surface area contributed by atoms with Gasteiger partial charge in [-0.2, -0.15) is 0 Å². The van der Waals surface area contributed by atoms with Gasteiger partial charge in [-0.25, -0.2) is 0 Å². The zero-order chi connectivity index (χ0) is 12.9. The number of carbonyl (C=O) groups is 1. The van der Waals surface area contributed by atoms with Crippen LogP contribution in [0.4, 0.5) is 0 Å². The van der Waals surface area contributed by atoms with E-state index in [4.69, 9.17) is 10.8 Å². The van der Waals surface area contributed by atoms with Crippen LogP contribution in [0.15, 0.2) is 24.3 Å². The van der Waals surface area contributed by atoms with Crippen LogP contribution in [0.25, 0.3) is 0 Å². The highest BCUT2D eigenvalue weighted by atomic mass is 16.4. The molecule has 0 aliphatic heterocycles. The van der Waals surface area contributed by atoms with Crippen molar-refractivity contribution in [2.75, 3.05) is 6.54 Å². The molecule has 0 amide bonds. The maximum Gasteiger partial charge on any atom is 0.313 e. The van der Waals surface area contributed by atoms with Gasteiger partial charge in [-0.1, -0.05) is 24.0 Å². The van der Waals surface area contributed by atoms with Gasteiger partial charge in [-0.15, -0.1) is 0 Å². The van der Waals surface area contributed by atoms with E-state index < -0.39 is 11.4 Å². The maximum absolute atomic E-state index is 11.1. The molecule has 0 bridgehead atoms. The Morgan fingerprint density at radius 1 is 1.35 bits per heavy atom. The summed E-state index contributed by atoms with van der Waals surface area (Å²) in [5.74, 6) is 5.08. The normalized spacial score (nSPS) is 10.5. The lowest BCUT2D eigenvalue weighted by molar-refractivity contribution is -0.142. The fraction of sp³-hybridized carbons (Fsp3) is 0.357. The van der Waals surface area contributed by atoms with Crippen LogP contribution in [-0.2, 0) is 10.2 Å². The predicted molar refractivity (Wildman–Crippen MR) is 67.7 cm³/mol. The van der Waals surface area contributed by atoms with Gasteiger partial charge in [0.1, 0.15) is 0 Å². The van der Waals surface area contributed by atoms with Gasteiger partial charge in [-0.05, 0) is 31.5 Å². The van der Waals surface area contributed by atoms with Crippen LogP contribution in [-0.4, -0.2) is 17.6 Å². The summed E-state index contributed by atoms with van der Waals surface area (Å²) in [6.07, 6.45) is 0.669. The molecule has 0 radical (unpaired) electrons. The van der Waals surface area contributed by atoms with Gasteiger partial charge in [0.25, 0.3) is 0 Å². The van der Waals surface area contributed by atoms with Gasteiger partial charge < -0.3 is 10.8 Å². The van der Waals surface area contributed by atoms with Crippen molar-refractivity contribution in [3.05, 3.63) is 35.4 Å². The number of rotatable bonds is 3. The van der Waals surface area contributed by atoms with Gasteiger partial charge >= 0.3 is 5.97 Å². The number of carboxylic acid groups (broad SMARTS) is 1. The fourth-order valence-electron chi connectivity index (χ4n) is 1.33. The Kier molecular flexibility index (Phi) is 4.30. The summed E-state index contributed by atoms with van der Waals surface area (Å²) in [7, 11) is 0. The number of benzene rings is 1. The van der Waals surface area contributed by atoms with Crippen molar-refractivity contribution >= 4 is 5.97 Å². The fourth-order valence-corrected chi connectivity index (χ4v) is 1.33. The van der Waals surface area contributed by atoms with Crippen molar-refractivity contribution in [1.29, 1.82) is 0 Å². The number of aliphatic carboxylic acids is 1. The first-order chi connectivity index (χ1) is 7.98. The molecule has 3 N–H and O–H groups in total.